The predicted octanol–water partition coefficient (Wildman–Crippen LogP) is 0.692. The lowest BCUT2D eigenvalue weighted by Crippen LogP contribution is -2.55. The van der Waals surface area contributed by atoms with Gasteiger partial charge in [-0.3, -0.25) is 4.79 Å². The summed E-state index contributed by atoms with van der Waals surface area (Å²) in [6.45, 7) is 0. The van der Waals surface area contributed by atoms with Crippen LogP contribution in [-0.2, 0) is 9.53 Å². The molecule has 3 aliphatic carbocycles. The van der Waals surface area contributed by atoms with Gasteiger partial charge in [0.2, 0.25) is 0 Å². The lowest BCUT2D eigenvalue weighted by Gasteiger charge is -2.45. The van der Waals surface area contributed by atoms with E-state index in [9.17, 15) is 4.79 Å². The average molecular weight is 169 g/mol. The molecule has 0 aromatic rings. The highest BCUT2D eigenvalue weighted by molar-refractivity contribution is 5.79. The highest BCUT2D eigenvalue weighted by Crippen LogP contribution is 2.61. The molecule has 1 N–H and O–H groups in total. The minimum atomic E-state index is -0.113. The van der Waals surface area contributed by atoms with Crippen LogP contribution >= 0.6 is 0 Å². The summed E-state index contributed by atoms with van der Waals surface area (Å²) in [5.41, 5.74) is 0.159. The fourth-order valence-corrected chi connectivity index (χ4v) is 2.84. The highest BCUT2D eigenvalue weighted by atomic mass is 16.5. The Bertz CT molecular complexity index is 219. The molecular weight excluding hydrogens is 154 g/mol. The largest absolute Gasteiger partial charge is 0.469 e. The van der Waals surface area contributed by atoms with Gasteiger partial charge in [0, 0.05) is 5.54 Å². The molecule has 0 aliphatic heterocycles. The summed E-state index contributed by atoms with van der Waals surface area (Å²) in [5, 5.41) is 3.30. The fourth-order valence-electron chi connectivity index (χ4n) is 2.84. The maximum Gasteiger partial charge on any atom is 0.311 e. The minimum Gasteiger partial charge on any atom is -0.469 e. The van der Waals surface area contributed by atoms with Crippen LogP contribution in [-0.4, -0.2) is 25.7 Å². The van der Waals surface area contributed by atoms with Gasteiger partial charge in [-0.1, -0.05) is 0 Å². The van der Waals surface area contributed by atoms with Gasteiger partial charge in [-0.2, -0.15) is 0 Å². The van der Waals surface area contributed by atoms with Gasteiger partial charge in [0.15, 0.2) is 0 Å². The summed E-state index contributed by atoms with van der Waals surface area (Å²) in [6, 6.07) is 0. The molecule has 2 bridgehead atoms. The van der Waals surface area contributed by atoms with E-state index in [2.05, 4.69) is 5.32 Å². The molecule has 3 rings (SSSR count). The predicted molar refractivity (Wildman–Crippen MR) is 44.7 cm³/mol. The molecule has 0 aromatic heterocycles. The molecule has 12 heavy (non-hydrogen) atoms. The summed E-state index contributed by atoms with van der Waals surface area (Å²) in [6.07, 6.45) is 4.07. The van der Waals surface area contributed by atoms with Crippen molar-refractivity contribution in [3.05, 3.63) is 0 Å². The molecule has 3 saturated carbocycles. The van der Waals surface area contributed by atoms with Crippen LogP contribution in [0.3, 0.4) is 0 Å². The topological polar surface area (TPSA) is 38.3 Å². The number of nitrogens with one attached hydrogen (secondary N) is 1. The van der Waals surface area contributed by atoms with Crippen LogP contribution < -0.4 is 5.32 Å². The van der Waals surface area contributed by atoms with Gasteiger partial charge in [0.25, 0.3) is 0 Å². The molecule has 0 aromatic carbocycles. The third-order valence-corrected chi connectivity index (χ3v) is 3.58. The first-order valence-corrected chi connectivity index (χ1v) is 4.44. The molecule has 3 nitrogen and oxygen atoms in total. The van der Waals surface area contributed by atoms with Crippen molar-refractivity contribution in [3.63, 3.8) is 0 Å². The molecule has 0 spiro atoms. The zero-order valence-corrected chi connectivity index (χ0v) is 7.64. The molecule has 3 heteroatoms. The first-order valence-electron chi connectivity index (χ1n) is 4.44. The number of rotatable bonds is 2. The lowest BCUT2D eigenvalue weighted by atomic mass is 9.65. The van der Waals surface area contributed by atoms with Crippen molar-refractivity contribution in [2.24, 2.45) is 5.41 Å². The van der Waals surface area contributed by atoms with Gasteiger partial charge in [-0.05, 0) is 32.7 Å². The van der Waals surface area contributed by atoms with Crippen molar-refractivity contribution in [2.75, 3.05) is 14.2 Å². The molecule has 0 unspecified atom stereocenters. The molecule has 3 fully saturated rings. The summed E-state index contributed by atoms with van der Waals surface area (Å²) in [5.74, 6) is -0.00845. The Morgan fingerprint density at radius 1 is 1.42 bits per heavy atom. The normalized spacial score (nSPS) is 43.8. The number of carbonyl (C=O) groups excluding carboxylic acids is 1. The van der Waals surface area contributed by atoms with E-state index in [4.69, 9.17) is 4.74 Å². The van der Waals surface area contributed by atoms with Crippen LogP contribution in [0.4, 0.5) is 0 Å². The van der Waals surface area contributed by atoms with Gasteiger partial charge in [-0.15, -0.1) is 0 Å². The number of hydrogen-bond acceptors (Lipinski definition) is 3. The van der Waals surface area contributed by atoms with Crippen LogP contribution in [0.15, 0.2) is 0 Å². The van der Waals surface area contributed by atoms with Crippen molar-refractivity contribution >= 4 is 5.97 Å². The van der Waals surface area contributed by atoms with E-state index in [1.807, 2.05) is 7.05 Å². The van der Waals surface area contributed by atoms with Gasteiger partial charge in [-0.25, -0.2) is 0 Å². The van der Waals surface area contributed by atoms with Crippen molar-refractivity contribution in [2.45, 2.75) is 31.2 Å². The first-order chi connectivity index (χ1) is 5.66. The highest BCUT2D eigenvalue weighted by Gasteiger charge is 2.64. The van der Waals surface area contributed by atoms with Crippen LogP contribution in [0.1, 0.15) is 25.7 Å². The van der Waals surface area contributed by atoms with Crippen LogP contribution in [0.25, 0.3) is 0 Å². The van der Waals surface area contributed by atoms with Crippen LogP contribution in [0, 0.1) is 5.41 Å². The smallest absolute Gasteiger partial charge is 0.311 e. The molecule has 0 heterocycles. The number of carbonyl (C=O) groups is 1. The summed E-state index contributed by atoms with van der Waals surface area (Å²) in [4.78, 5) is 11.4. The third kappa shape index (κ3) is 0.774. The van der Waals surface area contributed by atoms with Crippen molar-refractivity contribution in [3.8, 4) is 0 Å². The number of ether oxygens (including phenoxy) is 1. The van der Waals surface area contributed by atoms with Crippen molar-refractivity contribution in [1.82, 2.24) is 5.32 Å². The molecule has 0 saturated heterocycles. The number of methoxy groups -OCH3 is 1. The molecule has 0 radical (unpaired) electrons. The maximum absolute atomic E-state index is 11.4. The number of fused-ring (bicyclic) bond motifs is 1. The average Bonchev–Trinajstić information content (AvgIpc) is 2.57. The molecule has 3 aliphatic rings. The molecule has 0 atom stereocenters. The van der Waals surface area contributed by atoms with E-state index in [0.29, 0.717) is 0 Å². The summed E-state index contributed by atoms with van der Waals surface area (Å²) >= 11 is 0. The van der Waals surface area contributed by atoms with Crippen molar-refractivity contribution in [1.29, 1.82) is 0 Å². The summed E-state index contributed by atoms with van der Waals surface area (Å²) in [7, 11) is 3.46. The van der Waals surface area contributed by atoms with E-state index in [1.165, 1.54) is 7.11 Å². The third-order valence-electron chi connectivity index (χ3n) is 3.58. The fraction of sp³-hybridized carbons (Fsp3) is 0.889. The molecular formula is C9H15NO2. The summed E-state index contributed by atoms with van der Waals surface area (Å²) < 4.78 is 4.80. The maximum atomic E-state index is 11.4. The Morgan fingerprint density at radius 3 is 2.50 bits per heavy atom. The van der Waals surface area contributed by atoms with E-state index in [0.717, 1.165) is 25.7 Å². The second-order valence-electron chi connectivity index (χ2n) is 4.16. The second kappa shape index (κ2) is 2.22. The Balaban J connectivity index is 2.09. The zero-order valence-electron chi connectivity index (χ0n) is 7.64. The minimum absolute atomic E-state index is 0.00845. The zero-order chi connectivity index (χ0) is 8.82. The van der Waals surface area contributed by atoms with Gasteiger partial charge in [0.1, 0.15) is 0 Å². The monoisotopic (exact) mass is 169 g/mol. The Kier molecular flexibility index (Phi) is 1.49. The lowest BCUT2D eigenvalue weighted by molar-refractivity contribution is -0.158. The van der Waals surface area contributed by atoms with Crippen LogP contribution in [0.2, 0.25) is 0 Å². The molecule has 0 amide bonds. The van der Waals surface area contributed by atoms with E-state index >= 15 is 0 Å². The SMILES string of the molecule is CNC12CCC(C(=O)OC)(C1)C2. The first kappa shape index (κ1) is 8.05. The molecule has 68 valence electrons. The van der Waals surface area contributed by atoms with E-state index in [1.54, 1.807) is 0 Å². The van der Waals surface area contributed by atoms with Crippen molar-refractivity contribution < 1.29 is 9.53 Å². The number of hydrogen-bond donors (Lipinski definition) is 1. The van der Waals surface area contributed by atoms with Gasteiger partial charge >= 0.3 is 5.97 Å². The van der Waals surface area contributed by atoms with Crippen LogP contribution in [0.5, 0.6) is 0 Å². The van der Waals surface area contributed by atoms with Gasteiger partial charge in [0.05, 0.1) is 12.5 Å². The van der Waals surface area contributed by atoms with E-state index < -0.39 is 0 Å². The number of esters is 1. The Morgan fingerprint density at radius 2 is 2.08 bits per heavy atom. The Hall–Kier alpha value is -0.570. The quantitative estimate of drug-likeness (QED) is 0.618. The van der Waals surface area contributed by atoms with Gasteiger partial charge < -0.3 is 10.1 Å². The Labute approximate surface area is 72.5 Å². The standard InChI is InChI=1S/C9H15NO2/c1-10-9-4-3-8(5-9,6-9)7(11)12-2/h10H,3-6H2,1-2H3. The second-order valence-corrected chi connectivity index (χ2v) is 4.16. The van der Waals surface area contributed by atoms with E-state index in [-0.39, 0.29) is 16.9 Å².